The van der Waals surface area contributed by atoms with Crippen LogP contribution >= 0.6 is 0 Å². The van der Waals surface area contributed by atoms with Crippen LogP contribution in [0.25, 0.3) is 81.7 Å². The zero-order chi connectivity index (χ0) is 57.9. The van der Waals surface area contributed by atoms with E-state index in [1.165, 1.54) is 149 Å². The summed E-state index contributed by atoms with van der Waals surface area (Å²) in [6.07, 6.45) is 0. The first kappa shape index (κ1) is 52.0. The van der Waals surface area contributed by atoms with Gasteiger partial charge in [-0.3, -0.25) is 0 Å². The first-order valence-electron chi connectivity index (χ1n) is 30.3. The maximum Gasteiger partial charge on any atom is 0.252 e. The second-order valence-electron chi connectivity index (χ2n) is 28.3. The van der Waals surface area contributed by atoms with Crippen molar-refractivity contribution >= 4 is 122 Å². The predicted molar refractivity (Wildman–Crippen MR) is 365 cm³/mol. The molecule has 13 aromatic rings. The molecule has 0 fully saturated rings. The van der Waals surface area contributed by atoms with Crippen molar-refractivity contribution in [3.8, 4) is 16.8 Å². The normalized spacial score (nSPS) is 13.6. The van der Waals surface area contributed by atoms with E-state index in [2.05, 4.69) is 316 Å². The van der Waals surface area contributed by atoms with Gasteiger partial charge in [-0.25, -0.2) is 0 Å². The van der Waals surface area contributed by atoms with Gasteiger partial charge in [0, 0.05) is 50.6 Å². The van der Waals surface area contributed by atoms with E-state index >= 15 is 0 Å². The summed E-state index contributed by atoms with van der Waals surface area (Å²) in [5.41, 5.74) is 21.9. The molecule has 0 bridgehead atoms. The van der Waals surface area contributed by atoms with Gasteiger partial charge < -0.3 is 14.4 Å². The summed E-state index contributed by atoms with van der Waals surface area (Å²) in [6, 6.07) is 84.5. The molecule has 410 valence electrons. The highest BCUT2D eigenvalue weighted by molar-refractivity contribution is 7.00. The minimum atomic E-state index is -0.115. The molecule has 0 unspecified atom stereocenters. The molecule has 4 heteroatoms. The Hall–Kier alpha value is -8.86. The second kappa shape index (κ2) is 18.3. The van der Waals surface area contributed by atoms with Crippen LogP contribution in [0.5, 0.6) is 0 Å². The number of hydrogen-bond acceptors (Lipinski definition) is 2. The average molecular weight is 1090 g/mol. The Bertz CT molecular complexity index is 4600. The van der Waals surface area contributed by atoms with Crippen LogP contribution in [-0.2, 0) is 21.7 Å². The second-order valence-corrected chi connectivity index (χ2v) is 28.3. The molecule has 0 radical (unpaired) electrons. The van der Waals surface area contributed by atoms with E-state index < -0.39 is 0 Å². The molecule has 2 aliphatic heterocycles. The van der Waals surface area contributed by atoms with Gasteiger partial charge >= 0.3 is 0 Å². The summed E-state index contributed by atoms with van der Waals surface area (Å²) in [4.78, 5) is 5.37. The Morgan fingerprint density at radius 3 is 1.17 bits per heavy atom. The Kier molecular flexibility index (Phi) is 11.3. The van der Waals surface area contributed by atoms with Gasteiger partial charge in [-0.05, 0) is 193 Å². The van der Waals surface area contributed by atoms with E-state index in [-0.39, 0.29) is 28.4 Å². The summed E-state index contributed by atoms with van der Waals surface area (Å²) < 4.78 is 2.43. The fraction of sp³-hybridized carbons (Fsp3) is 0.200. The third-order valence-corrected chi connectivity index (χ3v) is 18.6. The van der Waals surface area contributed by atoms with Crippen molar-refractivity contribution in [1.82, 2.24) is 4.57 Å². The first-order valence-corrected chi connectivity index (χ1v) is 30.3. The van der Waals surface area contributed by atoms with Crippen LogP contribution in [0, 0.1) is 0 Å². The number of hydrogen-bond donors (Lipinski definition) is 0. The molecule has 0 N–H and O–H groups in total. The summed E-state index contributed by atoms with van der Waals surface area (Å²) in [5.74, 6) is 0. The molecule has 1 aromatic heterocycles. The van der Waals surface area contributed by atoms with Crippen LogP contribution in [0.2, 0.25) is 0 Å². The number of rotatable bonds is 4. The fourth-order valence-corrected chi connectivity index (χ4v) is 13.9. The molecule has 3 nitrogen and oxygen atoms in total. The minimum Gasteiger partial charge on any atom is -0.311 e. The maximum atomic E-state index is 2.68. The summed E-state index contributed by atoms with van der Waals surface area (Å²) in [6.45, 7) is 28.3. The molecule has 15 rings (SSSR count). The Labute approximate surface area is 495 Å². The molecule has 3 heterocycles. The molecule has 12 aromatic carbocycles. The smallest absolute Gasteiger partial charge is 0.252 e. The highest BCUT2D eigenvalue weighted by Crippen LogP contribution is 2.51. The Morgan fingerprint density at radius 1 is 0.274 bits per heavy atom. The van der Waals surface area contributed by atoms with Gasteiger partial charge in [-0.15, -0.1) is 0 Å². The molecule has 0 spiro atoms. The monoisotopic (exact) mass is 1090 g/mol. The highest BCUT2D eigenvalue weighted by Gasteiger charge is 2.45. The number of benzene rings is 12. The van der Waals surface area contributed by atoms with E-state index in [0.29, 0.717) is 0 Å². The SMILES string of the molecule is CC(C)(C)c1cc(N2c3cc4c(ccc5ccccc54)cc3B3c4cc5ccc6ccccc6c5cc4N(c4cc(C(C)(C)C)cc(C(C)(C)C)c4)c4cc(-c5ccc6c(c5)c5ccccc5n6-c5ccccc5)cc2c43)cc(C(C)(C)C)c1. The number of anilines is 6. The summed E-state index contributed by atoms with van der Waals surface area (Å²) >= 11 is 0. The van der Waals surface area contributed by atoms with Gasteiger partial charge in [0.2, 0.25) is 0 Å². The van der Waals surface area contributed by atoms with Crippen LogP contribution in [0.15, 0.2) is 218 Å². The van der Waals surface area contributed by atoms with Crippen LogP contribution in [0.1, 0.15) is 105 Å². The number of para-hydroxylation sites is 2. The molecule has 0 atom stereocenters. The molecule has 2 aliphatic rings. The molecule has 84 heavy (non-hydrogen) atoms. The summed E-state index contributed by atoms with van der Waals surface area (Å²) in [5, 5.41) is 12.5. The van der Waals surface area contributed by atoms with Crippen molar-refractivity contribution in [1.29, 1.82) is 0 Å². The van der Waals surface area contributed by atoms with E-state index in [9.17, 15) is 0 Å². The lowest BCUT2D eigenvalue weighted by molar-refractivity contribution is 0.568. The topological polar surface area (TPSA) is 11.4 Å². The standard InChI is InChI=1S/C80H72BN3/c1-77(2,3)55-41-56(78(4,5)6)44-60(43-55)83-72-47-65-52(32-30-49-22-16-18-26-62(49)65)37-68(72)81-69-38-53-33-31-50-23-17-19-27-63(50)66(53)48-73(69)84(61-45-57(79(7,8)9)42-58(46-61)80(10,11)12)75-40-54(39-74(83)76(75)81)51-34-35-71-67(36-51)64-28-20-21-29-70(64)82(71)59-24-14-13-15-25-59/h13-48H,1-12H3. The zero-order valence-electron chi connectivity index (χ0n) is 50.7. The zero-order valence-corrected chi connectivity index (χ0v) is 50.7. The van der Waals surface area contributed by atoms with Crippen molar-refractivity contribution in [2.24, 2.45) is 0 Å². The first-order chi connectivity index (χ1) is 40.2. The van der Waals surface area contributed by atoms with Crippen molar-refractivity contribution in [2.75, 3.05) is 9.80 Å². The van der Waals surface area contributed by atoms with Crippen molar-refractivity contribution in [3.05, 3.63) is 241 Å². The van der Waals surface area contributed by atoms with Gasteiger partial charge in [-0.2, -0.15) is 0 Å². The largest absolute Gasteiger partial charge is 0.311 e. The maximum absolute atomic E-state index is 2.68. The van der Waals surface area contributed by atoms with Gasteiger partial charge in [0.15, 0.2) is 0 Å². The van der Waals surface area contributed by atoms with Crippen LogP contribution in [-0.4, -0.2) is 11.3 Å². The van der Waals surface area contributed by atoms with Gasteiger partial charge in [0.1, 0.15) is 0 Å². The fourth-order valence-electron chi connectivity index (χ4n) is 13.9. The number of aromatic nitrogens is 1. The molecule has 0 amide bonds. The Morgan fingerprint density at radius 2 is 0.690 bits per heavy atom. The lowest BCUT2D eigenvalue weighted by Gasteiger charge is -2.45. The molecule has 0 saturated carbocycles. The third kappa shape index (κ3) is 8.22. The van der Waals surface area contributed by atoms with E-state index in [4.69, 9.17) is 0 Å². The van der Waals surface area contributed by atoms with Crippen LogP contribution < -0.4 is 26.2 Å². The highest BCUT2D eigenvalue weighted by atomic mass is 15.2. The van der Waals surface area contributed by atoms with Gasteiger partial charge in [-0.1, -0.05) is 223 Å². The molecular formula is C80H72BN3. The quantitative estimate of drug-likeness (QED) is 0.129. The van der Waals surface area contributed by atoms with E-state index in [0.717, 1.165) is 5.69 Å². The average Bonchev–Trinajstić information content (AvgIpc) is 0.858. The molecular weight excluding hydrogens is 1010 g/mol. The molecule has 0 saturated heterocycles. The van der Waals surface area contributed by atoms with Crippen molar-refractivity contribution < 1.29 is 0 Å². The molecule has 0 aliphatic carbocycles. The lowest BCUT2D eigenvalue weighted by atomic mass is 9.33. The van der Waals surface area contributed by atoms with Gasteiger partial charge in [0.25, 0.3) is 6.71 Å². The minimum absolute atomic E-state index is 0.111. The van der Waals surface area contributed by atoms with E-state index in [1.807, 2.05) is 0 Å². The lowest BCUT2D eigenvalue weighted by Crippen LogP contribution is -2.61. The van der Waals surface area contributed by atoms with Crippen LogP contribution in [0.4, 0.5) is 34.1 Å². The number of fused-ring (bicyclic) bond motifs is 13. The summed E-state index contributed by atoms with van der Waals surface area (Å²) in [7, 11) is 0. The van der Waals surface area contributed by atoms with E-state index in [1.54, 1.807) is 0 Å². The van der Waals surface area contributed by atoms with Crippen LogP contribution in [0.3, 0.4) is 0 Å². The van der Waals surface area contributed by atoms with Crippen molar-refractivity contribution in [3.63, 3.8) is 0 Å². The Balaban J connectivity index is 1.13. The van der Waals surface area contributed by atoms with Crippen molar-refractivity contribution in [2.45, 2.75) is 105 Å². The predicted octanol–water partition coefficient (Wildman–Crippen LogP) is 20.3. The third-order valence-electron chi connectivity index (χ3n) is 18.6. The number of nitrogens with zero attached hydrogens (tertiary/aromatic N) is 3. The van der Waals surface area contributed by atoms with Gasteiger partial charge in [0.05, 0.1) is 11.0 Å².